The van der Waals surface area contributed by atoms with E-state index in [1.54, 1.807) is 0 Å². The molecule has 0 aliphatic carbocycles. The first kappa shape index (κ1) is 21.6. The van der Waals surface area contributed by atoms with Gasteiger partial charge >= 0.3 is 0 Å². The van der Waals surface area contributed by atoms with Gasteiger partial charge in [-0.25, -0.2) is 4.98 Å². The first-order valence-electron chi connectivity index (χ1n) is 10.1. The summed E-state index contributed by atoms with van der Waals surface area (Å²) in [6, 6.07) is 9.67. The third-order valence-corrected chi connectivity index (χ3v) is 6.04. The van der Waals surface area contributed by atoms with Crippen LogP contribution in [0.3, 0.4) is 0 Å². The smallest absolute Gasteiger partial charge is 0.231 e. The number of benzene rings is 1. The zero-order chi connectivity index (χ0) is 20.8. The molecule has 2 heterocycles. The maximum atomic E-state index is 12.4. The molecule has 1 fully saturated rings. The van der Waals surface area contributed by atoms with Crippen LogP contribution in [0, 0.1) is 5.92 Å². The number of aromatic nitrogens is 2. The van der Waals surface area contributed by atoms with Gasteiger partial charge in [0.2, 0.25) is 5.91 Å². The Kier molecular flexibility index (Phi) is 7.50. The number of rotatable bonds is 9. The molecule has 1 aromatic carbocycles. The van der Waals surface area contributed by atoms with Crippen LogP contribution in [0.25, 0.3) is 11.3 Å². The van der Waals surface area contributed by atoms with Gasteiger partial charge in [-0.15, -0.1) is 0 Å². The minimum absolute atomic E-state index is 0.0235. The summed E-state index contributed by atoms with van der Waals surface area (Å²) in [7, 11) is 0. The van der Waals surface area contributed by atoms with Crippen molar-refractivity contribution >= 4 is 23.5 Å². The highest BCUT2D eigenvalue weighted by molar-refractivity contribution is 7.99. The quantitative estimate of drug-likeness (QED) is 0.634. The summed E-state index contributed by atoms with van der Waals surface area (Å²) in [6.45, 7) is 6.89. The molecule has 0 radical (unpaired) electrons. The second-order valence-electron chi connectivity index (χ2n) is 7.73. The van der Waals surface area contributed by atoms with E-state index in [2.05, 4.69) is 27.0 Å². The highest BCUT2D eigenvalue weighted by atomic mass is 32.2. The SMILES string of the molecule is CC(=O)C(NC(=O)CSc1ncc(-c2ccccc2)n1CC1CCCO1)C(C)C. The summed E-state index contributed by atoms with van der Waals surface area (Å²) in [4.78, 5) is 28.8. The van der Waals surface area contributed by atoms with Crippen molar-refractivity contribution in [2.45, 2.75) is 57.5 Å². The lowest BCUT2D eigenvalue weighted by Gasteiger charge is -2.19. The normalized spacial score (nSPS) is 17.4. The van der Waals surface area contributed by atoms with Crippen LogP contribution in [-0.2, 0) is 20.9 Å². The van der Waals surface area contributed by atoms with E-state index in [9.17, 15) is 9.59 Å². The molecule has 1 aromatic heterocycles. The molecular weight excluding hydrogens is 386 g/mol. The summed E-state index contributed by atoms with van der Waals surface area (Å²) in [6.07, 6.45) is 4.14. The molecule has 1 saturated heterocycles. The van der Waals surface area contributed by atoms with Gasteiger partial charge in [-0.1, -0.05) is 55.9 Å². The van der Waals surface area contributed by atoms with Crippen molar-refractivity contribution in [1.82, 2.24) is 14.9 Å². The van der Waals surface area contributed by atoms with Gasteiger partial charge in [-0.05, 0) is 31.2 Å². The van der Waals surface area contributed by atoms with Crippen LogP contribution in [0.1, 0.15) is 33.6 Å². The topological polar surface area (TPSA) is 73.2 Å². The number of amides is 1. The predicted molar refractivity (Wildman–Crippen MR) is 115 cm³/mol. The van der Waals surface area contributed by atoms with Gasteiger partial charge in [0.1, 0.15) is 0 Å². The number of carbonyl (C=O) groups is 2. The Labute approximate surface area is 176 Å². The van der Waals surface area contributed by atoms with Crippen molar-refractivity contribution < 1.29 is 14.3 Å². The van der Waals surface area contributed by atoms with Gasteiger partial charge in [0.25, 0.3) is 0 Å². The van der Waals surface area contributed by atoms with Gasteiger partial charge in [0, 0.05) is 6.61 Å². The fraction of sp³-hybridized carbons (Fsp3) is 0.500. The third-order valence-electron chi connectivity index (χ3n) is 5.05. The van der Waals surface area contributed by atoms with Crippen molar-refractivity contribution in [3.63, 3.8) is 0 Å². The van der Waals surface area contributed by atoms with Crippen LogP contribution in [-0.4, -0.2) is 45.7 Å². The Morgan fingerprint density at radius 2 is 2.07 bits per heavy atom. The van der Waals surface area contributed by atoms with Crippen LogP contribution < -0.4 is 5.32 Å². The summed E-state index contributed by atoms with van der Waals surface area (Å²) < 4.78 is 7.98. The molecule has 2 unspecified atom stereocenters. The van der Waals surface area contributed by atoms with Crippen LogP contribution in [0.4, 0.5) is 0 Å². The van der Waals surface area contributed by atoms with E-state index < -0.39 is 6.04 Å². The van der Waals surface area contributed by atoms with Gasteiger partial charge in [-0.2, -0.15) is 0 Å². The standard InChI is InChI=1S/C22H29N3O3S/c1-15(2)21(16(3)26)24-20(27)14-29-22-23-12-19(17-8-5-4-6-9-17)25(22)13-18-10-7-11-28-18/h4-6,8-9,12,15,18,21H,7,10-11,13-14H2,1-3H3,(H,24,27). The second kappa shape index (κ2) is 10.1. The molecule has 3 rings (SSSR count). The Bertz CT molecular complexity index is 829. The summed E-state index contributed by atoms with van der Waals surface area (Å²) in [5.41, 5.74) is 2.11. The number of Topliss-reactive ketones (excluding diaryl/α,β-unsaturated/α-hetero) is 1. The highest BCUT2D eigenvalue weighted by Gasteiger charge is 2.23. The van der Waals surface area contributed by atoms with E-state index >= 15 is 0 Å². The van der Waals surface area contributed by atoms with Crippen molar-refractivity contribution in [2.75, 3.05) is 12.4 Å². The molecule has 1 aliphatic rings. The van der Waals surface area contributed by atoms with Gasteiger partial charge in [-0.3, -0.25) is 9.59 Å². The second-order valence-corrected chi connectivity index (χ2v) is 8.67. The molecule has 6 nitrogen and oxygen atoms in total. The number of thioether (sulfide) groups is 1. The fourth-order valence-electron chi connectivity index (χ4n) is 3.56. The van der Waals surface area contributed by atoms with Crippen molar-refractivity contribution in [2.24, 2.45) is 5.92 Å². The minimum atomic E-state index is -0.449. The van der Waals surface area contributed by atoms with Crippen molar-refractivity contribution in [3.8, 4) is 11.3 Å². The number of hydrogen-bond acceptors (Lipinski definition) is 5. The molecule has 156 valence electrons. The summed E-state index contributed by atoms with van der Waals surface area (Å²) in [5.74, 6) is 0.0989. The molecule has 2 atom stereocenters. The molecule has 0 saturated carbocycles. The van der Waals surface area contributed by atoms with E-state index in [4.69, 9.17) is 4.74 Å². The lowest BCUT2D eigenvalue weighted by molar-refractivity contribution is -0.126. The molecule has 0 bridgehead atoms. The zero-order valence-electron chi connectivity index (χ0n) is 17.3. The Balaban J connectivity index is 1.73. The third kappa shape index (κ3) is 5.70. The molecule has 7 heteroatoms. The highest BCUT2D eigenvalue weighted by Crippen LogP contribution is 2.28. The maximum absolute atomic E-state index is 12.4. The van der Waals surface area contributed by atoms with Crippen LogP contribution in [0.2, 0.25) is 0 Å². The molecule has 1 amide bonds. The number of ether oxygens (including phenoxy) is 1. The van der Waals surface area contributed by atoms with Crippen molar-refractivity contribution in [3.05, 3.63) is 36.5 Å². The molecule has 2 aromatic rings. The van der Waals surface area contributed by atoms with Crippen molar-refractivity contribution in [1.29, 1.82) is 0 Å². The molecule has 1 N–H and O–H groups in total. The monoisotopic (exact) mass is 415 g/mol. The molecule has 1 aliphatic heterocycles. The number of imidazole rings is 1. The van der Waals surface area contributed by atoms with E-state index in [1.165, 1.54) is 18.7 Å². The zero-order valence-corrected chi connectivity index (χ0v) is 18.1. The van der Waals surface area contributed by atoms with Gasteiger partial charge in [0.15, 0.2) is 10.9 Å². The van der Waals surface area contributed by atoms with E-state index in [0.717, 1.165) is 42.4 Å². The van der Waals surface area contributed by atoms with E-state index in [-0.39, 0.29) is 29.5 Å². The Morgan fingerprint density at radius 1 is 1.31 bits per heavy atom. The molecular formula is C22H29N3O3S. The average molecular weight is 416 g/mol. The Hall–Kier alpha value is -2.12. The van der Waals surface area contributed by atoms with Crippen LogP contribution in [0.5, 0.6) is 0 Å². The van der Waals surface area contributed by atoms with Crippen LogP contribution in [0.15, 0.2) is 41.7 Å². The number of hydrogen-bond donors (Lipinski definition) is 1. The number of nitrogens with one attached hydrogen (secondary N) is 1. The number of carbonyl (C=O) groups excluding carboxylic acids is 2. The molecule has 0 spiro atoms. The Morgan fingerprint density at radius 3 is 2.69 bits per heavy atom. The first-order chi connectivity index (χ1) is 14.0. The number of ketones is 1. The van der Waals surface area contributed by atoms with Crippen LogP contribution >= 0.6 is 11.8 Å². The van der Waals surface area contributed by atoms with E-state index in [1.807, 2.05) is 38.2 Å². The minimum Gasteiger partial charge on any atom is -0.376 e. The lowest BCUT2D eigenvalue weighted by atomic mass is 10.0. The first-order valence-corrected chi connectivity index (χ1v) is 11.1. The fourth-order valence-corrected chi connectivity index (χ4v) is 4.36. The average Bonchev–Trinajstić information content (AvgIpc) is 3.35. The molecule has 29 heavy (non-hydrogen) atoms. The number of nitrogens with zero attached hydrogens (tertiary/aromatic N) is 2. The van der Waals surface area contributed by atoms with Gasteiger partial charge < -0.3 is 14.6 Å². The predicted octanol–water partition coefficient (Wildman–Crippen LogP) is 3.55. The summed E-state index contributed by atoms with van der Waals surface area (Å²) in [5, 5.41) is 3.64. The van der Waals surface area contributed by atoms with Gasteiger partial charge in [0.05, 0.1) is 36.3 Å². The maximum Gasteiger partial charge on any atom is 0.231 e. The van der Waals surface area contributed by atoms with E-state index in [0.29, 0.717) is 0 Å². The lowest BCUT2D eigenvalue weighted by Crippen LogP contribution is -2.44. The largest absolute Gasteiger partial charge is 0.376 e. The summed E-state index contributed by atoms with van der Waals surface area (Å²) >= 11 is 1.39.